The van der Waals surface area contributed by atoms with Crippen LogP contribution in [0.1, 0.15) is 17.5 Å². The number of methoxy groups -OCH3 is 2. The number of ether oxygens (including phenoxy) is 4. The summed E-state index contributed by atoms with van der Waals surface area (Å²) < 4.78 is 21.3. The fourth-order valence-electron chi connectivity index (χ4n) is 3.75. The first-order chi connectivity index (χ1) is 14.6. The number of nitrogens with two attached hydrogens (primary N) is 1. The van der Waals surface area contributed by atoms with E-state index >= 15 is 0 Å². The van der Waals surface area contributed by atoms with E-state index in [0.717, 1.165) is 16.9 Å². The minimum atomic E-state index is -0.395. The highest BCUT2D eigenvalue weighted by atomic mass is 16.7. The van der Waals surface area contributed by atoms with Crippen LogP contribution in [-0.4, -0.2) is 50.3 Å². The third-order valence-electron chi connectivity index (χ3n) is 5.43. The van der Waals surface area contributed by atoms with E-state index in [9.17, 15) is 9.59 Å². The first-order valence-corrected chi connectivity index (χ1v) is 9.86. The quantitative estimate of drug-likeness (QED) is 0.646. The monoisotopic (exact) mass is 413 g/mol. The van der Waals surface area contributed by atoms with Crippen molar-refractivity contribution in [1.82, 2.24) is 4.90 Å². The number of nitrogens with zero attached hydrogens (tertiary/aromatic N) is 1. The molecule has 2 aliphatic heterocycles. The molecule has 0 unspecified atom stereocenters. The van der Waals surface area contributed by atoms with E-state index in [4.69, 9.17) is 18.9 Å². The second-order valence-electron chi connectivity index (χ2n) is 7.26. The van der Waals surface area contributed by atoms with Crippen LogP contribution in [0, 0.1) is 0 Å². The number of hydrogen-bond donors (Lipinski definition) is 1. The van der Waals surface area contributed by atoms with Gasteiger partial charge in [0, 0.05) is 12.1 Å². The molecule has 2 aromatic rings. The molecule has 2 amide bonds. The van der Waals surface area contributed by atoms with Crippen LogP contribution in [0.5, 0.6) is 23.0 Å². The van der Waals surface area contributed by atoms with Gasteiger partial charge >= 0.3 is 0 Å². The van der Waals surface area contributed by atoms with Gasteiger partial charge in [-0.25, -0.2) is 0 Å². The highest BCUT2D eigenvalue weighted by Gasteiger charge is 2.40. The number of amides is 2. The number of rotatable bonds is 8. The maximum absolute atomic E-state index is 12.8. The van der Waals surface area contributed by atoms with Gasteiger partial charge in [0.1, 0.15) is 6.54 Å². The molecule has 0 radical (unpaired) electrons. The minimum absolute atomic E-state index is 0.132. The van der Waals surface area contributed by atoms with Gasteiger partial charge in [-0.1, -0.05) is 6.07 Å². The second-order valence-corrected chi connectivity index (χ2v) is 7.26. The van der Waals surface area contributed by atoms with Crippen LogP contribution in [0.25, 0.3) is 0 Å². The summed E-state index contributed by atoms with van der Waals surface area (Å²) in [5.74, 6) is 2.45. The summed E-state index contributed by atoms with van der Waals surface area (Å²) in [7, 11) is 3.16. The molecular weight excluding hydrogens is 388 g/mol. The molecular formula is C22H25N2O6+. The maximum atomic E-state index is 12.8. The number of hydrogen-bond acceptors (Lipinski definition) is 6. The number of fused-ring (bicyclic) bond motifs is 1. The van der Waals surface area contributed by atoms with E-state index in [1.54, 1.807) is 14.2 Å². The molecule has 158 valence electrons. The topological polar surface area (TPSA) is 90.9 Å². The zero-order valence-corrected chi connectivity index (χ0v) is 17.1. The zero-order valence-electron chi connectivity index (χ0n) is 17.1. The Kier molecular flexibility index (Phi) is 5.76. The summed E-state index contributed by atoms with van der Waals surface area (Å²) in [5, 5.41) is 1.91. The summed E-state index contributed by atoms with van der Waals surface area (Å²) in [5.41, 5.74) is 1.99. The number of quaternary nitrogens is 1. The average molecular weight is 413 g/mol. The smallest absolute Gasteiger partial charge is 0.287 e. The Morgan fingerprint density at radius 3 is 2.57 bits per heavy atom. The molecule has 2 aromatic carbocycles. The lowest BCUT2D eigenvalue weighted by atomic mass is 10.1. The number of imide groups is 1. The molecule has 30 heavy (non-hydrogen) atoms. The van der Waals surface area contributed by atoms with Crippen molar-refractivity contribution in [3.8, 4) is 23.0 Å². The summed E-state index contributed by atoms with van der Waals surface area (Å²) >= 11 is 0. The lowest BCUT2D eigenvalue weighted by Crippen LogP contribution is -2.90. The van der Waals surface area contributed by atoms with Gasteiger partial charge in [0.2, 0.25) is 12.7 Å². The van der Waals surface area contributed by atoms with Crippen molar-refractivity contribution in [2.24, 2.45) is 0 Å². The van der Waals surface area contributed by atoms with Crippen molar-refractivity contribution in [2.45, 2.75) is 25.4 Å². The molecule has 0 bridgehead atoms. The Balaban J connectivity index is 1.33. The normalized spacial score (nSPS) is 17.5. The van der Waals surface area contributed by atoms with Crippen LogP contribution in [0.15, 0.2) is 36.4 Å². The molecule has 1 saturated heterocycles. The molecule has 8 heteroatoms. The van der Waals surface area contributed by atoms with Crippen LogP contribution in [0.3, 0.4) is 0 Å². The molecule has 2 aliphatic rings. The van der Waals surface area contributed by atoms with Gasteiger partial charge in [-0.3, -0.25) is 14.5 Å². The molecule has 0 aromatic heterocycles. The van der Waals surface area contributed by atoms with E-state index in [2.05, 4.69) is 0 Å². The van der Waals surface area contributed by atoms with Crippen molar-refractivity contribution in [2.75, 3.05) is 27.6 Å². The third-order valence-corrected chi connectivity index (χ3v) is 5.43. The predicted molar refractivity (Wildman–Crippen MR) is 107 cm³/mol. The number of carbonyl (C=O) groups is 2. The van der Waals surface area contributed by atoms with E-state index in [-0.39, 0.29) is 25.0 Å². The summed E-state index contributed by atoms with van der Waals surface area (Å²) in [4.78, 5) is 26.5. The molecule has 1 atom stereocenters. The molecule has 0 aliphatic carbocycles. The second kappa shape index (κ2) is 8.62. The summed E-state index contributed by atoms with van der Waals surface area (Å²) in [6.45, 7) is 1.17. The summed E-state index contributed by atoms with van der Waals surface area (Å²) in [6.07, 6.45) is 0.780. The number of benzene rings is 2. The fraction of sp³-hybridized carbons (Fsp3) is 0.364. The summed E-state index contributed by atoms with van der Waals surface area (Å²) in [6, 6.07) is 10.9. The lowest BCUT2D eigenvalue weighted by Gasteiger charge is -2.15. The van der Waals surface area contributed by atoms with Crippen LogP contribution in [0.4, 0.5) is 0 Å². The van der Waals surface area contributed by atoms with Gasteiger partial charge < -0.3 is 24.3 Å². The van der Waals surface area contributed by atoms with Crippen LogP contribution < -0.4 is 24.3 Å². The average Bonchev–Trinajstić information content (AvgIpc) is 3.34. The Hall–Kier alpha value is -3.26. The standard InChI is InChI=1S/C22H24N2O6/c1-27-17-5-3-14(9-19(17)28-2)7-8-24-21(25)11-16(22(24)26)23-12-15-4-6-18-20(10-15)30-13-29-18/h3-6,9-10,16,23H,7-8,11-13H2,1-2H3/p+1/t16-/m1/s1. The maximum Gasteiger partial charge on any atom is 0.287 e. The van der Waals surface area contributed by atoms with Crippen LogP contribution in [-0.2, 0) is 22.6 Å². The molecule has 1 fully saturated rings. The van der Waals surface area contributed by atoms with E-state index in [1.165, 1.54) is 4.90 Å². The highest BCUT2D eigenvalue weighted by molar-refractivity contribution is 6.04. The van der Waals surface area contributed by atoms with Gasteiger partial charge in [-0.2, -0.15) is 0 Å². The van der Waals surface area contributed by atoms with Crippen molar-refractivity contribution in [3.63, 3.8) is 0 Å². The first kappa shape index (κ1) is 20.0. The Morgan fingerprint density at radius 1 is 1.00 bits per heavy atom. The molecule has 2 N–H and O–H groups in total. The molecule has 0 saturated carbocycles. The van der Waals surface area contributed by atoms with E-state index < -0.39 is 6.04 Å². The molecule has 8 nitrogen and oxygen atoms in total. The van der Waals surface area contributed by atoms with Crippen molar-refractivity contribution in [1.29, 1.82) is 0 Å². The fourth-order valence-corrected chi connectivity index (χ4v) is 3.75. The Labute approximate surface area is 174 Å². The van der Waals surface area contributed by atoms with Crippen molar-refractivity contribution < 1.29 is 33.9 Å². The third kappa shape index (κ3) is 4.04. The van der Waals surface area contributed by atoms with Gasteiger partial charge in [0.05, 0.1) is 20.6 Å². The van der Waals surface area contributed by atoms with Crippen LogP contribution >= 0.6 is 0 Å². The van der Waals surface area contributed by atoms with Gasteiger partial charge in [-0.05, 0) is 42.3 Å². The highest BCUT2D eigenvalue weighted by Crippen LogP contribution is 2.32. The largest absolute Gasteiger partial charge is 0.493 e. The Morgan fingerprint density at radius 2 is 1.77 bits per heavy atom. The zero-order chi connectivity index (χ0) is 21.1. The predicted octanol–water partition coefficient (Wildman–Crippen LogP) is 0.866. The van der Waals surface area contributed by atoms with Crippen molar-refractivity contribution in [3.05, 3.63) is 47.5 Å². The number of carbonyl (C=O) groups excluding carboxylic acids is 2. The van der Waals surface area contributed by atoms with E-state index in [1.807, 2.05) is 41.7 Å². The van der Waals surface area contributed by atoms with Gasteiger partial charge in [0.15, 0.2) is 29.0 Å². The molecule has 4 rings (SSSR count). The molecule has 2 heterocycles. The van der Waals surface area contributed by atoms with Gasteiger partial charge in [0.25, 0.3) is 5.91 Å². The lowest BCUT2D eigenvalue weighted by molar-refractivity contribution is -0.690. The first-order valence-electron chi connectivity index (χ1n) is 9.86. The van der Waals surface area contributed by atoms with Gasteiger partial charge in [-0.15, -0.1) is 0 Å². The van der Waals surface area contributed by atoms with Crippen molar-refractivity contribution >= 4 is 11.8 Å². The SMILES string of the molecule is COc1ccc(CCN2C(=O)C[C@@H]([NH2+]Cc3ccc4c(c3)OCO4)C2=O)cc1OC. The molecule has 0 spiro atoms. The van der Waals surface area contributed by atoms with Crippen LogP contribution in [0.2, 0.25) is 0 Å². The minimum Gasteiger partial charge on any atom is -0.493 e. The number of likely N-dealkylation sites (tertiary alicyclic amines) is 1. The van der Waals surface area contributed by atoms with E-state index in [0.29, 0.717) is 36.8 Å². The Bertz CT molecular complexity index is 961.